The molecule has 1 aliphatic carbocycles. The molecular weight excluding hydrogens is 401 g/mol. The third-order valence-corrected chi connectivity index (χ3v) is 7.19. The minimum atomic E-state index is -1.88. The molecule has 0 saturated heterocycles. The summed E-state index contributed by atoms with van der Waals surface area (Å²) in [5, 5.41) is 14.5. The third-order valence-electron chi connectivity index (χ3n) is 4.51. The standard InChI is InChI=1S/C17H19Cl2NO3S2/c1-20-10-2-4-11(5-3-10)23-16(21)17(22,12-6-8-14(18)24-12)13-7-9-15(19)25-13/h6-11,20,22H,2-5H2,1H3/t10-,11-. The number of hydrogen-bond acceptors (Lipinski definition) is 6. The molecule has 0 bridgehead atoms. The molecule has 1 aliphatic rings. The molecule has 136 valence electrons. The van der Waals surface area contributed by atoms with Gasteiger partial charge in [-0.1, -0.05) is 23.2 Å². The highest BCUT2D eigenvalue weighted by Gasteiger charge is 2.45. The maximum Gasteiger partial charge on any atom is 0.349 e. The fraction of sp³-hybridized carbons (Fsp3) is 0.471. The first kappa shape index (κ1) is 19.1. The molecule has 0 amide bonds. The van der Waals surface area contributed by atoms with E-state index in [1.165, 1.54) is 0 Å². The Bertz CT molecular complexity index is 698. The molecule has 8 heteroatoms. The molecule has 0 aromatic carbocycles. The lowest BCUT2D eigenvalue weighted by Crippen LogP contribution is -2.41. The number of thiophene rings is 2. The molecule has 2 aromatic rings. The first-order valence-corrected chi connectivity index (χ1v) is 10.4. The second-order valence-electron chi connectivity index (χ2n) is 6.09. The number of nitrogens with one attached hydrogen (secondary N) is 1. The van der Waals surface area contributed by atoms with E-state index in [0.29, 0.717) is 24.5 Å². The van der Waals surface area contributed by atoms with Gasteiger partial charge in [-0.2, -0.15) is 0 Å². The van der Waals surface area contributed by atoms with Crippen molar-refractivity contribution < 1.29 is 14.6 Å². The van der Waals surface area contributed by atoms with Crippen LogP contribution in [-0.4, -0.2) is 30.3 Å². The van der Waals surface area contributed by atoms with Gasteiger partial charge in [-0.15, -0.1) is 22.7 Å². The van der Waals surface area contributed by atoms with Crippen LogP contribution in [0.4, 0.5) is 0 Å². The lowest BCUT2D eigenvalue weighted by atomic mass is 9.92. The van der Waals surface area contributed by atoms with Crippen LogP contribution in [0, 0.1) is 0 Å². The number of esters is 1. The second kappa shape index (κ2) is 7.94. The first-order valence-electron chi connectivity index (χ1n) is 8.06. The Balaban J connectivity index is 1.83. The molecule has 0 aliphatic heterocycles. The lowest BCUT2D eigenvalue weighted by Gasteiger charge is -2.31. The van der Waals surface area contributed by atoms with Crippen LogP contribution < -0.4 is 5.32 Å². The Kier molecular flexibility index (Phi) is 6.08. The zero-order valence-corrected chi connectivity index (χ0v) is 16.8. The maximum absolute atomic E-state index is 12.9. The van der Waals surface area contributed by atoms with Gasteiger partial charge in [0.05, 0.1) is 18.4 Å². The molecule has 25 heavy (non-hydrogen) atoms. The van der Waals surface area contributed by atoms with E-state index >= 15 is 0 Å². The van der Waals surface area contributed by atoms with Crippen LogP contribution in [0.5, 0.6) is 0 Å². The molecule has 1 fully saturated rings. The summed E-state index contributed by atoms with van der Waals surface area (Å²) in [5.74, 6) is -0.669. The fourth-order valence-corrected chi connectivity index (χ4v) is 5.38. The molecule has 2 heterocycles. The number of rotatable bonds is 5. The molecule has 0 unspecified atom stereocenters. The minimum Gasteiger partial charge on any atom is -0.460 e. The van der Waals surface area contributed by atoms with Crippen LogP contribution >= 0.6 is 45.9 Å². The van der Waals surface area contributed by atoms with Gasteiger partial charge in [0.25, 0.3) is 0 Å². The van der Waals surface area contributed by atoms with Crippen LogP contribution in [0.2, 0.25) is 8.67 Å². The van der Waals surface area contributed by atoms with E-state index in [-0.39, 0.29) is 6.10 Å². The summed E-state index contributed by atoms with van der Waals surface area (Å²) in [4.78, 5) is 13.8. The molecule has 4 nitrogen and oxygen atoms in total. The molecule has 2 aromatic heterocycles. The van der Waals surface area contributed by atoms with Crippen molar-refractivity contribution in [3.8, 4) is 0 Å². The molecule has 0 radical (unpaired) electrons. The normalized spacial score (nSPS) is 21.3. The number of halogens is 2. The van der Waals surface area contributed by atoms with Gasteiger partial charge < -0.3 is 15.2 Å². The largest absolute Gasteiger partial charge is 0.460 e. The topological polar surface area (TPSA) is 58.6 Å². The van der Waals surface area contributed by atoms with Gasteiger partial charge in [0, 0.05) is 6.04 Å². The van der Waals surface area contributed by atoms with Gasteiger partial charge in [-0.25, -0.2) is 4.79 Å². The number of carbonyl (C=O) groups is 1. The van der Waals surface area contributed by atoms with Crippen molar-refractivity contribution in [1.29, 1.82) is 0 Å². The second-order valence-corrected chi connectivity index (χ2v) is 9.52. The van der Waals surface area contributed by atoms with Crippen LogP contribution in [-0.2, 0) is 15.1 Å². The molecule has 0 spiro atoms. The van der Waals surface area contributed by atoms with Crippen molar-refractivity contribution >= 4 is 51.8 Å². The highest BCUT2D eigenvalue weighted by molar-refractivity contribution is 7.18. The van der Waals surface area contributed by atoms with Crippen molar-refractivity contribution in [1.82, 2.24) is 5.32 Å². The number of hydrogen-bond donors (Lipinski definition) is 2. The van der Waals surface area contributed by atoms with Crippen molar-refractivity contribution in [2.75, 3.05) is 7.05 Å². The SMILES string of the molecule is CN[C@H]1CC[C@H](OC(=O)C(O)(c2ccc(Cl)s2)c2ccc(Cl)s2)CC1. The minimum absolute atomic E-state index is 0.186. The molecule has 2 N–H and O–H groups in total. The molecule has 3 rings (SSSR count). The van der Waals surface area contributed by atoms with Crippen molar-refractivity contribution in [2.24, 2.45) is 0 Å². The van der Waals surface area contributed by atoms with E-state index in [9.17, 15) is 9.90 Å². The summed E-state index contributed by atoms with van der Waals surface area (Å²) in [6.45, 7) is 0. The summed E-state index contributed by atoms with van der Waals surface area (Å²) in [7, 11) is 1.94. The Morgan fingerprint density at radius 2 is 1.64 bits per heavy atom. The lowest BCUT2D eigenvalue weighted by molar-refractivity contribution is -0.169. The summed E-state index contributed by atoms with van der Waals surface area (Å²) in [5.41, 5.74) is -1.88. The predicted molar refractivity (Wildman–Crippen MR) is 103 cm³/mol. The van der Waals surface area contributed by atoms with Crippen molar-refractivity contribution in [2.45, 2.75) is 43.4 Å². The van der Waals surface area contributed by atoms with Crippen LogP contribution in [0.1, 0.15) is 35.4 Å². The number of aliphatic hydroxyl groups is 1. The summed E-state index contributed by atoms with van der Waals surface area (Å²) in [6.07, 6.45) is 3.27. The average Bonchev–Trinajstić information content (AvgIpc) is 3.23. The zero-order chi connectivity index (χ0) is 18.0. The number of ether oxygens (including phenoxy) is 1. The highest BCUT2D eigenvalue weighted by Crippen LogP contribution is 2.41. The predicted octanol–water partition coefficient (Wildman–Crippen LogP) is 4.43. The van der Waals surface area contributed by atoms with Crippen LogP contribution in [0.15, 0.2) is 24.3 Å². The monoisotopic (exact) mass is 419 g/mol. The van der Waals surface area contributed by atoms with E-state index < -0.39 is 11.6 Å². The quantitative estimate of drug-likeness (QED) is 0.703. The Morgan fingerprint density at radius 3 is 2.04 bits per heavy atom. The Morgan fingerprint density at radius 1 is 1.12 bits per heavy atom. The fourth-order valence-electron chi connectivity index (χ4n) is 3.05. The van der Waals surface area contributed by atoms with Crippen molar-refractivity contribution in [3.63, 3.8) is 0 Å². The summed E-state index contributed by atoms with van der Waals surface area (Å²) < 4.78 is 6.68. The van der Waals surface area contributed by atoms with Gasteiger partial charge in [-0.05, 0) is 57.0 Å². The van der Waals surface area contributed by atoms with Crippen molar-refractivity contribution in [3.05, 3.63) is 42.7 Å². The smallest absolute Gasteiger partial charge is 0.349 e. The van der Waals surface area contributed by atoms with E-state index in [1.54, 1.807) is 24.3 Å². The molecule has 0 atom stereocenters. The molecular formula is C17H19Cl2NO3S2. The Labute approximate surface area is 164 Å². The highest BCUT2D eigenvalue weighted by atomic mass is 35.5. The summed E-state index contributed by atoms with van der Waals surface area (Å²) in [6, 6.07) is 7.08. The van der Waals surface area contributed by atoms with Crippen LogP contribution in [0.25, 0.3) is 0 Å². The Hall–Kier alpha value is -0.630. The zero-order valence-electron chi connectivity index (χ0n) is 13.6. The first-order chi connectivity index (χ1) is 11.9. The van der Waals surface area contributed by atoms with Gasteiger partial charge in [0.1, 0.15) is 6.10 Å². The van der Waals surface area contributed by atoms with E-state index in [2.05, 4.69) is 5.32 Å². The van der Waals surface area contributed by atoms with Crippen LogP contribution in [0.3, 0.4) is 0 Å². The van der Waals surface area contributed by atoms with Gasteiger partial charge >= 0.3 is 5.97 Å². The summed E-state index contributed by atoms with van der Waals surface area (Å²) >= 11 is 14.3. The van der Waals surface area contributed by atoms with Gasteiger partial charge in [0.15, 0.2) is 0 Å². The number of carbonyl (C=O) groups excluding carboxylic acids is 1. The van der Waals surface area contributed by atoms with E-state index in [4.69, 9.17) is 27.9 Å². The molecule has 1 saturated carbocycles. The van der Waals surface area contributed by atoms with E-state index in [0.717, 1.165) is 48.4 Å². The van der Waals surface area contributed by atoms with Gasteiger partial charge in [-0.3, -0.25) is 0 Å². The van der Waals surface area contributed by atoms with E-state index in [1.807, 2.05) is 7.05 Å². The van der Waals surface area contributed by atoms with Gasteiger partial charge in [0.2, 0.25) is 5.60 Å². The average molecular weight is 420 g/mol. The third kappa shape index (κ3) is 4.04. The maximum atomic E-state index is 12.9.